The summed E-state index contributed by atoms with van der Waals surface area (Å²) in [6.07, 6.45) is 2.44. The number of para-hydroxylation sites is 1. The van der Waals surface area contributed by atoms with Crippen molar-refractivity contribution in [3.8, 4) is 5.75 Å². The van der Waals surface area contributed by atoms with Gasteiger partial charge in [-0.25, -0.2) is 4.90 Å². The van der Waals surface area contributed by atoms with Gasteiger partial charge in [0.15, 0.2) is 0 Å². The van der Waals surface area contributed by atoms with Gasteiger partial charge in [-0.2, -0.15) is 5.06 Å². The number of amides is 4. The summed E-state index contributed by atoms with van der Waals surface area (Å²) >= 11 is 0. The number of phenols is 1. The number of aromatic hydroxyl groups is 1. The molecule has 190 valence electrons. The molecular weight excluding hydrogens is 472 g/mol. The molecule has 37 heavy (non-hydrogen) atoms. The molecule has 6 unspecified atom stereocenters. The lowest BCUT2D eigenvalue weighted by atomic mass is 9.51. The summed E-state index contributed by atoms with van der Waals surface area (Å²) < 4.78 is 0. The smallest absolute Gasteiger partial charge is 0.257 e. The number of allylic oxidation sites excluding steroid dienone is 2. The monoisotopic (exact) mass is 500 g/mol. The maximum atomic E-state index is 14.2. The molecule has 1 saturated carbocycles. The first-order valence-electron chi connectivity index (χ1n) is 12.6. The van der Waals surface area contributed by atoms with Crippen molar-refractivity contribution in [3.63, 3.8) is 0 Å². The van der Waals surface area contributed by atoms with Crippen LogP contribution in [0.25, 0.3) is 0 Å². The third-order valence-corrected chi connectivity index (χ3v) is 9.11. The Balaban J connectivity index is 1.57. The van der Waals surface area contributed by atoms with Gasteiger partial charge in [0.25, 0.3) is 11.8 Å². The highest BCUT2D eigenvalue weighted by atomic mass is 16.5. The van der Waals surface area contributed by atoms with Crippen molar-refractivity contribution >= 4 is 29.3 Å². The number of nitrogens with zero attached hydrogens (tertiary/aromatic N) is 2. The van der Waals surface area contributed by atoms with Crippen molar-refractivity contribution in [1.82, 2.24) is 5.06 Å². The fraction of sp³-hybridized carbons (Fsp3) is 0.379. The second kappa shape index (κ2) is 7.86. The zero-order chi connectivity index (χ0) is 26.4. The molecule has 2 N–H and O–H groups in total. The molecule has 4 amide bonds. The third kappa shape index (κ3) is 2.99. The minimum atomic E-state index is -1.14. The molecule has 0 bridgehead atoms. The lowest BCUT2D eigenvalue weighted by Crippen LogP contribution is -2.48. The van der Waals surface area contributed by atoms with E-state index >= 15 is 0 Å². The second-order valence-electron chi connectivity index (χ2n) is 11.0. The Bertz CT molecular complexity index is 1390. The Labute approximate surface area is 214 Å². The summed E-state index contributed by atoms with van der Waals surface area (Å²) in [5, 5.41) is 20.8. The number of hydrogen-bond acceptors (Lipinski definition) is 6. The summed E-state index contributed by atoms with van der Waals surface area (Å²) in [6, 6.07) is 12.5. The van der Waals surface area contributed by atoms with Crippen LogP contribution in [0.2, 0.25) is 0 Å². The van der Waals surface area contributed by atoms with Gasteiger partial charge in [-0.1, -0.05) is 42.0 Å². The number of anilines is 1. The molecule has 8 heteroatoms. The van der Waals surface area contributed by atoms with Gasteiger partial charge in [0.05, 0.1) is 28.9 Å². The number of hydrogen-bond donors (Lipinski definition) is 2. The van der Waals surface area contributed by atoms with Crippen molar-refractivity contribution in [2.45, 2.75) is 39.5 Å². The zero-order valence-corrected chi connectivity index (χ0v) is 20.8. The first kappa shape index (κ1) is 23.6. The Hall–Kier alpha value is -3.78. The number of carbonyl (C=O) groups is 4. The molecule has 0 radical (unpaired) electrons. The summed E-state index contributed by atoms with van der Waals surface area (Å²) in [4.78, 5) is 55.1. The molecule has 2 aromatic rings. The number of imide groups is 2. The number of aryl methyl sites for hydroxylation is 2. The van der Waals surface area contributed by atoms with Gasteiger partial charge < -0.3 is 5.11 Å². The molecule has 0 aromatic heterocycles. The molecule has 2 saturated heterocycles. The molecule has 2 aliphatic heterocycles. The third-order valence-electron chi connectivity index (χ3n) is 9.11. The van der Waals surface area contributed by atoms with Crippen LogP contribution in [0.4, 0.5) is 5.69 Å². The van der Waals surface area contributed by atoms with Gasteiger partial charge in [0.1, 0.15) is 5.75 Å². The molecule has 0 spiro atoms. The highest BCUT2D eigenvalue weighted by Gasteiger charge is 2.67. The summed E-state index contributed by atoms with van der Waals surface area (Å²) in [5.41, 5.74) is 2.28. The summed E-state index contributed by atoms with van der Waals surface area (Å²) in [7, 11) is 0. The predicted octanol–water partition coefficient (Wildman–Crippen LogP) is 3.63. The van der Waals surface area contributed by atoms with E-state index in [1.165, 1.54) is 4.90 Å². The van der Waals surface area contributed by atoms with Crippen LogP contribution < -0.4 is 4.90 Å². The molecule has 6 atom stereocenters. The summed E-state index contributed by atoms with van der Waals surface area (Å²) in [5.74, 6) is -4.94. The van der Waals surface area contributed by atoms with Crippen LogP contribution in [0.15, 0.2) is 54.1 Å². The minimum Gasteiger partial charge on any atom is -0.507 e. The Morgan fingerprint density at radius 2 is 1.57 bits per heavy atom. The molecule has 2 heterocycles. The van der Waals surface area contributed by atoms with Crippen LogP contribution in [-0.4, -0.2) is 39.0 Å². The van der Waals surface area contributed by atoms with Crippen molar-refractivity contribution < 1.29 is 29.5 Å². The van der Waals surface area contributed by atoms with Gasteiger partial charge in [0, 0.05) is 5.92 Å². The molecule has 2 aliphatic carbocycles. The lowest BCUT2D eigenvalue weighted by molar-refractivity contribution is -0.173. The van der Waals surface area contributed by atoms with Crippen molar-refractivity contribution in [1.29, 1.82) is 0 Å². The number of benzene rings is 2. The standard InChI is InChI=1S/C29H28N2O6/c1-14-11-16(12-15(2)24(14)32)23-18-9-10-19-22(27(35)31(37)25(19)33)20(18)13-21-26(34)30(28(36)29(21,23)3)17-7-5-4-6-8-17/h4-9,11-12,19-23,32,37H,10,13H2,1-3H3. The van der Waals surface area contributed by atoms with Crippen LogP contribution in [0.3, 0.4) is 0 Å². The molecular formula is C29H28N2O6. The van der Waals surface area contributed by atoms with Crippen molar-refractivity contribution in [2.75, 3.05) is 4.90 Å². The van der Waals surface area contributed by atoms with E-state index in [-0.39, 0.29) is 35.5 Å². The molecule has 4 aliphatic rings. The molecule has 3 fully saturated rings. The van der Waals surface area contributed by atoms with E-state index in [9.17, 15) is 29.5 Å². The average molecular weight is 501 g/mol. The van der Waals surface area contributed by atoms with Crippen LogP contribution in [0.1, 0.15) is 42.4 Å². The van der Waals surface area contributed by atoms with Crippen molar-refractivity contribution in [2.24, 2.45) is 29.1 Å². The van der Waals surface area contributed by atoms with E-state index in [0.717, 1.165) is 11.1 Å². The van der Waals surface area contributed by atoms with Crippen LogP contribution in [0.5, 0.6) is 5.75 Å². The minimum absolute atomic E-state index is 0.169. The number of hydroxylamine groups is 2. The maximum Gasteiger partial charge on any atom is 0.257 e. The lowest BCUT2D eigenvalue weighted by Gasteiger charge is -2.49. The average Bonchev–Trinajstić information content (AvgIpc) is 3.22. The highest BCUT2D eigenvalue weighted by Crippen LogP contribution is 2.63. The molecule has 2 aromatic carbocycles. The quantitative estimate of drug-likeness (QED) is 0.370. The Morgan fingerprint density at radius 1 is 0.919 bits per heavy atom. The first-order valence-corrected chi connectivity index (χ1v) is 12.6. The van der Waals surface area contributed by atoms with Crippen LogP contribution in [0, 0.1) is 42.9 Å². The fourth-order valence-electron chi connectivity index (χ4n) is 7.36. The number of rotatable bonds is 2. The normalized spacial score (nSPS) is 32.9. The highest BCUT2D eigenvalue weighted by molar-refractivity contribution is 6.24. The number of fused-ring (bicyclic) bond motifs is 4. The molecule has 6 rings (SSSR count). The van der Waals surface area contributed by atoms with Gasteiger partial charge in [-0.05, 0) is 68.4 Å². The van der Waals surface area contributed by atoms with Crippen molar-refractivity contribution in [3.05, 3.63) is 70.8 Å². The van der Waals surface area contributed by atoms with E-state index in [0.29, 0.717) is 16.8 Å². The van der Waals surface area contributed by atoms with Crippen LogP contribution in [-0.2, 0) is 19.2 Å². The summed E-state index contributed by atoms with van der Waals surface area (Å²) in [6.45, 7) is 5.40. The van der Waals surface area contributed by atoms with Gasteiger partial charge in [-0.3, -0.25) is 24.4 Å². The first-order chi connectivity index (χ1) is 17.6. The molecule has 8 nitrogen and oxygen atoms in total. The van der Waals surface area contributed by atoms with Gasteiger partial charge in [-0.15, -0.1) is 0 Å². The Morgan fingerprint density at radius 3 is 2.22 bits per heavy atom. The fourth-order valence-corrected chi connectivity index (χ4v) is 7.36. The van der Waals surface area contributed by atoms with Gasteiger partial charge in [0.2, 0.25) is 11.8 Å². The largest absolute Gasteiger partial charge is 0.507 e. The topological polar surface area (TPSA) is 115 Å². The number of carbonyl (C=O) groups excluding carboxylic acids is 4. The zero-order valence-electron chi connectivity index (χ0n) is 20.8. The number of phenolic OH excluding ortho intramolecular Hbond substituents is 1. The van der Waals surface area contributed by atoms with Crippen LogP contribution >= 0.6 is 0 Å². The van der Waals surface area contributed by atoms with E-state index in [1.807, 2.05) is 31.2 Å². The maximum absolute atomic E-state index is 14.2. The van der Waals surface area contributed by atoms with E-state index in [4.69, 9.17) is 0 Å². The Kier molecular flexibility index (Phi) is 5.01. The van der Waals surface area contributed by atoms with Gasteiger partial charge >= 0.3 is 0 Å². The predicted molar refractivity (Wildman–Crippen MR) is 132 cm³/mol. The van der Waals surface area contributed by atoms with E-state index < -0.39 is 46.8 Å². The van der Waals surface area contributed by atoms with E-state index in [2.05, 4.69) is 0 Å². The van der Waals surface area contributed by atoms with E-state index in [1.54, 1.807) is 38.1 Å². The second-order valence-corrected chi connectivity index (χ2v) is 11.0. The SMILES string of the molecule is Cc1cc(C2C3=CCC4C(=O)N(O)C(=O)C4C3CC3C(=O)N(c4ccccc4)C(=O)C32C)cc(C)c1O.